The minimum atomic E-state index is -0.406. The standard InChI is InChI=1S/C21H22N4O3/c1-14-8-11-24(12-9-14)19-6-5-15(13-20(19)25(27)28)21(26)23-18-4-2-3-17-16(18)7-10-22-17/h2-7,10,13-14,22H,8-9,11-12H2,1H3,(H,23,26). The number of H-pyrrole nitrogens is 1. The van der Waals surface area contributed by atoms with Crippen LogP contribution >= 0.6 is 0 Å². The monoisotopic (exact) mass is 378 g/mol. The number of benzene rings is 2. The van der Waals surface area contributed by atoms with Gasteiger partial charge in [-0.3, -0.25) is 14.9 Å². The van der Waals surface area contributed by atoms with Crippen LogP contribution < -0.4 is 10.2 Å². The molecule has 0 aliphatic carbocycles. The number of nitrogens with one attached hydrogen (secondary N) is 2. The van der Waals surface area contributed by atoms with E-state index in [2.05, 4.69) is 17.2 Å². The van der Waals surface area contributed by atoms with Crippen LogP contribution in [0.3, 0.4) is 0 Å². The first-order valence-corrected chi connectivity index (χ1v) is 9.44. The molecule has 7 nitrogen and oxygen atoms in total. The number of aromatic nitrogens is 1. The van der Waals surface area contributed by atoms with Gasteiger partial charge in [0.25, 0.3) is 11.6 Å². The molecule has 0 unspecified atom stereocenters. The first-order valence-electron chi connectivity index (χ1n) is 9.44. The number of aromatic amines is 1. The van der Waals surface area contributed by atoms with Crippen LogP contribution in [0, 0.1) is 16.0 Å². The zero-order valence-corrected chi connectivity index (χ0v) is 15.6. The Morgan fingerprint density at radius 1 is 1.21 bits per heavy atom. The second-order valence-electron chi connectivity index (χ2n) is 7.33. The van der Waals surface area contributed by atoms with Crippen LogP contribution in [-0.4, -0.2) is 28.9 Å². The maximum atomic E-state index is 12.7. The summed E-state index contributed by atoms with van der Waals surface area (Å²) in [6.07, 6.45) is 3.83. The molecule has 2 heterocycles. The highest BCUT2D eigenvalue weighted by atomic mass is 16.6. The summed E-state index contributed by atoms with van der Waals surface area (Å²) < 4.78 is 0. The van der Waals surface area contributed by atoms with Gasteiger partial charge in [-0.15, -0.1) is 0 Å². The molecule has 4 rings (SSSR count). The molecule has 2 aromatic carbocycles. The number of nitro groups is 1. The molecule has 0 atom stereocenters. The van der Waals surface area contributed by atoms with Gasteiger partial charge in [0.2, 0.25) is 0 Å². The van der Waals surface area contributed by atoms with Gasteiger partial charge in [-0.25, -0.2) is 0 Å². The topological polar surface area (TPSA) is 91.3 Å². The van der Waals surface area contributed by atoms with Gasteiger partial charge < -0.3 is 15.2 Å². The van der Waals surface area contributed by atoms with Crippen LogP contribution in [0.1, 0.15) is 30.1 Å². The quantitative estimate of drug-likeness (QED) is 0.514. The van der Waals surface area contributed by atoms with Crippen molar-refractivity contribution in [3.05, 3.63) is 64.3 Å². The number of piperidine rings is 1. The smallest absolute Gasteiger partial charge is 0.293 e. The van der Waals surface area contributed by atoms with Crippen molar-refractivity contribution in [2.75, 3.05) is 23.3 Å². The molecule has 1 aliphatic rings. The van der Waals surface area contributed by atoms with E-state index in [1.807, 2.05) is 29.2 Å². The molecule has 1 fully saturated rings. The maximum absolute atomic E-state index is 12.7. The third-order valence-electron chi connectivity index (χ3n) is 5.40. The van der Waals surface area contributed by atoms with E-state index in [0.29, 0.717) is 17.3 Å². The average Bonchev–Trinajstić information content (AvgIpc) is 3.18. The number of hydrogen-bond donors (Lipinski definition) is 2. The van der Waals surface area contributed by atoms with E-state index in [4.69, 9.17) is 0 Å². The minimum Gasteiger partial charge on any atom is -0.366 e. The van der Waals surface area contributed by atoms with Crippen molar-refractivity contribution < 1.29 is 9.72 Å². The van der Waals surface area contributed by atoms with Crippen molar-refractivity contribution in [2.24, 2.45) is 5.92 Å². The molecule has 0 spiro atoms. The van der Waals surface area contributed by atoms with Crippen molar-refractivity contribution in [1.29, 1.82) is 0 Å². The lowest BCUT2D eigenvalue weighted by molar-refractivity contribution is -0.384. The fourth-order valence-electron chi connectivity index (χ4n) is 3.72. The number of carbonyl (C=O) groups is 1. The Morgan fingerprint density at radius 2 is 2.00 bits per heavy atom. The van der Waals surface area contributed by atoms with Crippen molar-refractivity contribution >= 4 is 33.9 Å². The SMILES string of the molecule is CC1CCN(c2ccc(C(=O)Nc3cccc4[nH]ccc34)cc2[N+](=O)[O-])CC1. The molecule has 0 radical (unpaired) electrons. The third-order valence-corrected chi connectivity index (χ3v) is 5.40. The fraction of sp³-hybridized carbons (Fsp3) is 0.286. The summed E-state index contributed by atoms with van der Waals surface area (Å²) in [5.41, 5.74) is 2.41. The van der Waals surface area contributed by atoms with Gasteiger partial charge in [-0.05, 0) is 49.1 Å². The Kier molecular flexibility index (Phi) is 4.73. The lowest BCUT2D eigenvalue weighted by Gasteiger charge is -2.31. The van der Waals surface area contributed by atoms with E-state index < -0.39 is 4.92 Å². The zero-order chi connectivity index (χ0) is 19.7. The molecule has 1 aliphatic heterocycles. The minimum absolute atomic E-state index is 0.0259. The Morgan fingerprint density at radius 3 is 2.75 bits per heavy atom. The highest BCUT2D eigenvalue weighted by Gasteiger charge is 2.25. The summed E-state index contributed by atoms with van der Waals surface area (Å²) in [7, 11) is 0. The van der Waals surface area contributed by atoms with Crippen LogP contribution in [0.25, 0.3) is 10.9 Å². The molecule has 0 bridgehead atoms. The van der Waals surface area contributed by atoms with Crippen LogP contribution in [0.2, 0.25) is 0 Å². The van der Waals surface area contributed by atoms with E-state index >= 15 is 0 Å². The first kappa shape index (κ1) is 18.0. The van der Waals surface area contributed by atoms with Crippen LogP contribution in [-0.2, 0) is 0 Å². The van der Waals surface area contributed by atoms with Crippen LogP contribution in [0.5, 0.6) is 0 Å². The van der Waals surface area contributed by atoms with Crippen LogP contribution in [0.15, 0.2) is 48.7 Å². The Hall–Kier alpha value is -3.35. The lowest BCUT2D eigenvalue weighted by atomic mass is 9.98. The highest BCUT2D eigenvalue weighted by Crippen LogP contribution is 2.33. The van der Waals surface area contributed by atoms with Gasteiger partial charge >= 0.3 is 0 Å². The molecule has 3 aromatic rings. The Bertz CT molecular complexity index is 1040. The number of carbonyl (C=O) groups excluding carboxylic acids is 1. The fourth-order valence-corrected chi connectivity index (χ4v) is 3.72. The highest BCUT2D eigenvalue weighted by molar-refractivity contribution is 6.09. The molecule has 28 heavy (non-hydrogen) atoms. The predicted molar refractivity (Wildman–Crippen MR) is 110 cm³/mol. The van der Waals surface area contributed by atoms with E-state index in [-0.39, 0.29) is 17.2 Å². The molecular formula is C21H22N4O3. The Labute approximate surface area is 162 Å². The lowest BCUT2D eigenvalue weighted by Crippen LogP contribution is -2.33. The maximum Gasteiger partial charge on any atom is 0.293 e. The molecule has 1 aromatic heterocycles. The first-order chi connectivity index (χ1) is 13.5. The van der Waals surface area contributed by atoms with Gasteiger partial charge in [0.1, 0.15) is 5.69 Å². The summed E-state index contributed by atoms with van der Waals surface area (Å²) in [6.45, 7) is 3.79. The largest absolute Gasteiger partial charge is 0.366 e. The van der Waals surface area contributed by atoms with Gasteiger partial charge in [0, 0.05) is 41.8 Å². The second-order valence-corrected chi connectivity index (χ2v) is 7.33. The predicted octanol–water partition coefficient (Wildman–Crippen LogP) is 4.56. The van der Waals surface area contributed by atoms with Gasteiger partial charge in [-0.1, -0.05) is 13.0 Å². The van der Waals surface area contributed by atoms with E-state index in [1.165, 1.54) is 6.07 Å². The molecule has 144 valence electrons. The average molecular weight is 378 g/mol. The van der Waals surface area contributed by atoms with Crippen molar-refractivity contribution in [3.63, 3.8) is 0 Å². The molecular weight excluding hydrogens is 356 g/mol. The summed E-state index contributed by atoms with van der Waals surface area (Å²) in [5, 5.41) is 15.4. The molecule has 0 saturated carbocycles. The van der Waals surface area contributed by atoms with Gasteiger partial charge in [0.15, 0.2) is 0 Å². The summed E-state index contributed by atoms with van der Waals surface area (Å²) in [6, 6.07) is 12.2. The van der Waals surface area contributed by atoms with Crippen molar-refractivity contribution in [2.45, 2.75) is 19.8 Å². The van der Waals surface area contributed by atoms with E-state index in [9.17, 15) is 14.9 Å². The summed E-state index contributed by atoms with van der Waals surface area (Å²) >= 11 is 0. The van der Waals surface area contributed by atoms with Gasteiger partial charge in [-0.2, -0.15) is 0 Å². The Balaban J connectivity index is 1.61. The summed E-state index contributed by atoms with van der Waals surface area (Å²) in [4.78, 5) is 29.1. The van der Waals surface area contributed by atoms with E-state index in [0.717, 1.165) is 36.8 Å². The van der Waals surface area contributed by atoms with Crippen molar-refractivity contribution in [3.8, 4) is 0 Å². The van der Waals surface area contributed by atoms with Crippen molar-refractivity contribution in [1.82, 2.24) is 4.98 Å². The normalized spacial score (nSPS) is 15.0. The number of anilines is 2. The number of fused-ring (bicyclic) bond motifs is 1. The third kappa shape index (κ3) is 3.43. The number of nitro benzene ring substituents is 1. The number of nitrogens with zero attached hydrogens (tertiary/aromatic N) is 2. The van der Waals surface area contributed by atoms with Crippen LogP contribution in [0.4, 0.5) is 17.1 Å². The van der Waals surface area contributed by atoms with E-state index in [1.54, 1.807) is 18.3 Å². The number of hydrogen-bond acceptors (Lipinski definition) is 4. The molecule has 2 N–H and O–H groups in total. The molecule has 7 heteroatoms. The second kappa shape index (κ2) is 7.34. The summed E-state index contributed by atoms with van der Waals surface area (Å²) in [5.74, 6) is 0.270. The molecule has 1 saturated heterocycles. The van der Waals surface area contributed by atoms with Gasteiger partial charge in [0.05, 0.1) is 10.6 Å². The molecule has 1 amide bonds. The zero-order valence-electron chi connectivity index (χ0n) is 15.6. The number of rotatable bonds is 4. The number of amides is 1.